The second-order valence-electron chi connectivity index (χ2n) is 2.73. The maximum atomic E-state index is 5.89. The third-order valence-electron chi connectivity index (χ3n) is 1.08. The van der Waals surface area contributed by atoms with Crippen molar-refractivity contribution in [3.8, 4) is 0 Å². The maximum absolute atomic E-state index is 5.89. The van der Waals surface area contributed by atoms with Gasteiger partial charge < -0.3 is 0 Å². The number of nitrogens with zero attached hydrogens (tertiary/aromatic N) is 5. The standard InChI is InChI=1S/Cl10N5P5/c1-16(2)11-17(3,4)13-19(7,8)15-20(9,10)14-18(5,6)12-16. The third-order valence-corrected chi connectivity index (χ3v) is 21.9. The molecule has 1 heterocycles. The highest BCUT2D eigenvalue weighted by Crippen LogP contribution is 2.88. The molecule has 0 unspecified atom stereocenters. The zero-order chi connectivity index (χ0) is 16.0. The molecule has 5 nitrogen and oxygen atoms in total. The molecule has 0 aromatic heterocycles. The first-order valence-electron chi connectivity index (χ1n) is 3.69. The summed E-state index contributed by atoms with van der Waals surface area (Å²) < 4.78 is 18.6. The highest BCUT2D eigenvalue weighted by Gasteiger charge is 2.31. The molecule has 0 atom stereocenters. The Hall–Kier alpha value is 4.05. The van der Waals surface area contributed by atoms with Crippen molar-refractivity contribution >= 4 is 142 Å². The monoisotopic (exact) mass is 575 g/mol. The molecule has 0 N–H and O–H groups in total. The largest absolute Gasteiger partial charge is 0.257 e. The van der Waals surface area contributed by atoms with Crippen molar-refractivity contribution in [1.82, 2.24) is 0 Å². The van der Waals surface area contributed by atoms with E-state index < -0.39 is 29.6 Å². The SMILES string of the molecule is ClP1(Cl)=NP(Cl)(Cl)=NP(Cl)(Cl)=NP(Cl)(Cl)=NP(Cl)(Cl)=N1. The number of halogens is 10. The van der Waals surface area contributed by atoms with Gasteiger partial charge in [-0.1, -0.05) is 0 Å². The lowest BCUT2D eigenvalue weighted by molar-refractivity contribution is 1.80. The van der Waals surface area contributed by atoms with Crippen LogP contribution in [0.15, 0.2) is 22.6 Å². The predicted octanol–water partition coefficient (Wildman–Crippen LogP) is 12.1. The molecule has 120 valence electrons. The molecule has 20 heavy (non-hydrogen) atoms. The number of hydrogen-bond donors (Lipinski definition) is 0. The zero-order valence-electron chi connectivity index (χ0n) is 8.25. The Kier molecular flexibility index (Phi) is 8.12. The molecule has 0 aliphatic carbocycles. The quantitative estimate of drug-likeness (QED) is 0.256. The molecule has 0 radical (unpaired) electrons. The van der Waals surface area contributed by atoms with Crippen LogP contribution in [0.25, 0.3) is 0 Å². The second-order valence-corrected chi connectivity index (χ2v) is 27.6. The Morgan fingerprint density at radius 2 is 0.400 bits per heavy atom. The molecule has 0 amide bonds. The molecule has 0 saturated heterocycles. The van der Waals surface area contributed by atoms with E-state index in [0.717, 1.165) is 0 Å². The Labute approximate surface area is 163 Å². The molecule has 1 rings (SSSR count). The van der Waals surface area contributed by atoms with Crippen LogP contribution in [0, 0.1) is 0 Å². The number of rotatable bonds is 0. The second kappa shape index (κ2) is 7.35. The summed E-state index contributed by atoms with van der Waals surface area (Å²) in [4.78, 5) is 0. The summed E-state index contributed by atoms with van der Waals surface area (Å²) in [6.07, 6.45) is 0. The van der Waals surface area contributed by atoms with E-state index in [2.05, 4.69) is 22.6 Å². The van der Waals surface area contributed by atoms with Crippen LogP contribution in [0.4, 0.5) is 0 Å². The van der Waals surface area contributed by atoms with Crippen LogP contribution in [0.3, 0.4) is 0 Å². The van der Waals surface area contributed by atoms with Gasteiger partial charge in [0, 0.05) is 0 Å². The Morgan fingerprint density at radius 1 is 0.300 bits per heavy atom. The highest BCUT2D eigenvalue weighted by atomic mass is 35.9. The Bertz CT molecular complexity index is 502. The van der Waals surface area contributed by atoms with Crippen LogP contribution < -0.4 is 0 Å². The fourth-order valence-electron chi connectivity index (χ4n) is 0.737. The van der Waals surface area contributed by atoms with E-state index in [-0.39, 0.29) is 0 Å². The van der Waals surface area contributed by atoms with E-state index in [1.807, 2.05) is 0 Å². The van der Waals surface area contributed by atoms with Crippen LogP contribution in [-0.2, 0) is 0 Å². The van der Waals surface area contributed by atoms with Gasteiger partial charge in [-0.25, -0.2) is 0 Å². The molecule has 0 bridgehead atoms. The summed E-state index contributed by atoms with van der Waals surface area (Å²) in [5.41, 5.74) is 0. The Morgan fingerprint density at radius 3 is 0.500 bits per heavy atom. The molecule has 20 heteroatoms. The van der Waals surface area contributed by atoms with E-state index in [0.29, 0.717) is 0 Å². The Balaban J connectivity index is 3.95. The smallest absolute Gasteiger partial charge is 0.185 e. The van der Waals surface area contributed by atoms with Gasteiger partial charge in [0.15, 0.2) is 0 Å². The molecule has 1 aliphatic heterocycles. The van der Waals surface area contributed by atoms with E-state index >= 15 is 0 Å². The molecule has 1 aliphatic rings. The highest BCUT2D eigenvalue weighted by molar-refractivity contribution is 8.27. The van der Waals surface area contributed by atoms with Crippen molar-refractivity contribution in [2.24, 2.45) is 22.6 Å². The normalized spacial score (nSPS) is 29.5. The van der Waals surface area contributed by atoms with E-state index in [1.54, 1.807) is 0 Å². The summed E-state index contributed by atoms with van der Waals surface area (Å²) in [6.45, 7) is 0. The molecule has 0 aromatic carbocycles. The van der Waals surface area contributed by atoms with Crippen molar-refractivity contribution < 1.29 is 0 Å². The van der Waals surface area contributed by atoms with Gasteiger partial charge in [0.2, 0.25) is 0 Å². The van der Waals surface area contributed by atoms with Crippen molar-refractivity contribution in [2.75, 3.05) is 0 Å². The number of hydrogen-bond acceptors (Lipinski definition) is 5. The van der Waals surface area contributed by atoms with E-state index in [4.69, 9.17) is 112 Å². The van der Waals surface area contributed by atoms with Gasteiger partial charge in [-0.2, -0.15) is 22.6 Å². The van der Waals surface area contributed by atoms with Crippen molar-refractivity contribution in [3.05, 3.63) is 0 Å². The van der Waals surface area contributed by atoms with Crippen LogP contribution in [-0.4, -0.2) is 0 Å². The minimum absolute atomic E-state index is 3.47. The molecule has 0 spiro atoms. The third kappa shape index (κ3) is 8.43. The van der Waals surface area contributed by atoms with Gasteiger partial charge in [-0.05, 0) is 112 Å². The molecule has 0 saturated carbocycles. The topological polar surface area (TPSA) is 61.8 Å². The van der Waals surface area contributed by atoms with E-state index in [9.17, 15) is 0 Å². The van der Waals surface area contributed by atoms with Gasteiger partial charge in [0.1, 0.15) is 0 Å². The maximum Gasteiger partial charge on any atom is 0.257 e. The van der Waals surface area contributed by atoms with Gasteiger partial charge in [0.25, 0.3) is 29.6 Å². The van der Waals surface area contributed by atoms with Gasteiger partial charge >= 0.3 is 0 Å². The average Bonchev–Trinajstić information content (AvgIpc) is 1.84. The molecule has 0 fully saturated rings. The lowest BCUT2D eigenvalue weighted by Crippen LogP contribution is -1.62. The first-order chi connectivity index (χ1) is 8.54. The fraction of sp³-hybridized carbons (Fsp3) is 0. The molecular weight excluding hydrogens is 579 g/mol. The lowest BCUT2D eigenvalue weighted by Gasteiger charge is -2.16. The first-order valence-corrected chi connectivity index (χ1v) is 21.2. The van der Waals surface area contributed by atoms with Crippen LogP contribution >= 0.6 is 142 Å². The summed E-state index contributed by atoms with van der Waals surface area (Å²) in [7, 11) is 0. The lowest BCUT2D eigenvalue weighted by atomic mass is 13.8. The minimum atomic E-state index is -3.47. The molecule has 0 aromatic rings. The predicted molar refractivity (Wildman–Crippen MR) is 105 cm³/mol. The van der Waals surface area contributed by atoms with Crippen molar-refractivity contribution in [1.29, 1.82) is 0 Å². The van der Waals surface area contributed by atoms with Gasteiger partial charge in [0.05, 0.1) is 0 Å². The van der Waals surface area contributed by atoms with Crippen LogP contribution in [0.2, 0.25) is 0 Å². The van der Waals surface area contributed by atoms with Crippen molar-refractivity contribution in [3.63, 3.8) is 0 Å². The van der Waals surface area contributed by atoms with E-state index in [1.165, 1.54) is 0 Å². The molecular formula is Cl10N5P5. The fourth-order valence-corrected chi connectivity index (χ4v) is 32.1. The van der Waals surface area contributed by atoms with Crippen LogP contribution in [0.5, 0.6) is 0 Å². The summed E-state index contributed by atoms with van der Waals surface area (Å²) in [6, 6.07) is 0. The van der Waals surface area contributed by atoms with Gasteiger partial charge in [-0.15, -0.1) is 0 Å². The zero-order valence-corrected chi connectivity index (χ0v) is 20.3. The first kappa shape index (κ1) is 22.1. The average molecular weight is 579 g/mol. The summed E-state index contributed by atoms with van der Waals surface area (Å²) in [5, 5.41) is 0. The van der Waals surface area contributed by atoms with Crippen LogP contribution in [0.1, 0.15) is 0 Å². The van der Waals surface area contributed by atoms with Gasteiger partial charge in [-0.3, -0.25) is 0 Å². The summed E-state index contributed by atoms with van der Waals surface area (Å²) in [5.74, 6) is -17.4. The van der Waals surface area contributed by atoms with Crippen molar-refractivity contribution in [2.45, 2.75) is 0 Å². The summed E-state index contributed by atoms with van der Waals surface area (Å²) >= 11 is 58.9. The minimum Gasteiger partial charge on any atom is -0.185 e.